The van der Waals surface area contributed by atoms with Gasteiger partial charge in [0.25, 0.3) is 0 Å². The van der Waals surface area contributed by atoms with Crippen LogP contribution >= 0.6 is 0 Å². The van der Waals surface area contributed by atoms with E-state index in [4.69, 9.17) is 14.5 Å². The molecule has 2 rings (SSSR count). The highest BCUT2D eigenvalue weighted by molar-refractivity contribution is 5.79. The van der Waals surface area contributed by atoms with Gasteiger partial charge in [0.05, 0.1) is 19.8 Å². The largest absolute Gasteiger partial charge is 0.493 e. The molecule has 1 fully saturated rings. The summed E-state index contributed by atoms with van der Waals surface area (Å²) in [6.45, 7) is 8.51. The minimum atomic E-state index is 0.292. The molecule has 27 heavy (non-hydrogen) atoms. The van der Waals surface area contributed by atoms with Gasteiger partial charge < -0.3 is 25.0 Å². The van der Waals surface area contributed by atoms with Crippen molar-refractivity contribution in [3.8, 4) is 11.5 Å². The van der Waals surface area contributed by atoms with Crippen molar-refractivity contribution >= 4 is 5.96 Å². The number of methoxy groups -OCH3 is 1. The Morgan fingerprint density at radius 1 is 1.22 bits per heavy atom. The van der Waals surface area contributed by atoms with Crippen LogP contribution in [0, 0.1) is 0 Å². The minimum absolute atomic E-state index is 0.292. The summed E-state index contributed by atoms with van der Waals surface area (Å²) in [5.41, 5.74) is 1.06. The number of hydrogen-bond donors (Lipinski definition) is 2. The molecule has 152 valence electrons. The van der Waals surface area contributed by atoms with Gasteiger partial charge in [-0.3, -0.25) is 0 Å². The molecule has 1 aliphatic rings. The lowest BCUT2D eigenvalue weighted by Crippen LogP contribution is -2.40. The van der Waals surface area contributed by atoms with Crippen molar-refractivity contribution in [2.45, 2.75) is 52.2 Å². The summed E-state index contributed by atoms with van der Waals surface area (Å²) in [4.78, 5) is 7.03. The number of guanidine groups is 1. The normalized spacial score (nSPS) is 15.2. The van der Waals surface area contributed by atoms with E-state index < -0.39 is 0 Å². The minimum Gasteiger partial charge on any atom is -0.493 e. The highest BCUT2D eigenvalue weighted by Gasteiger charge is 2.20. The zero-order valence-corrected chi connectivity index (χ0v) is 17.4. The number of nitrogens with one attached hydrogen (secondary N) is 2. The number of benzene rings is 1. The van der Waals surface area contributed by atoms with Gasteiger partial charge in [-0.15, -0.1) is 0 Å². The molecular formula is C21H36N4O2. The number of likely N-dealkylation sites (N-methyl/N-ethyl adjacent to an activating group) is 1. The molecule has 0 atom stereocenters. The van der Waals surface area contributed by atoms with Crippen molar-refractivity contribution in [2.75, 3.05) is 40.3 Å². The molecule has 6 heteroatoms. The van der Waals surface area contributed by atoms with Crippen LogP contribution in [0.1, 0.15) is 45.1 Å². The quantitative estimate of drug-likeness (QED) is 0.486. The van der Waals surface area contributed by atoms with Crippen LogP contribution in [0.15, 0.2) is 23.2 Å². The number of para-hydroxylation sites is 1. The Labute approximate surface area is 164 Å². The molecule has 0 heterocycles. The number of hydrogen-bond acceptors (Lipinski definition) is 4. The third-order valence-corrected chi connectivity index (χ3v) is 4.94. The molecule has 1 aromatic carbocycles. The van der Waals surface area contributed by atoms with E-state index in [1.165, 1.54) is 12.8 Å². The van der Waals surface area contributed by atoms with E-state index >= 15 is 0 Å². The summed E-state index contributed by atoms with van der Waals surface area (Å²) in [5.74, 6) is 2.46. The smallest absolute Gasteiger partial charge is 0.191 e. The van der Waals surface area contributed by atoms with Gasteiger partial charge in [0.15, 0.2) is 17.5 Å². The van der Waals surface area contributed by atoms with Crippen molar-refractivity contribution in [1.29, 1.82) is 0 Å². The molecule has 0 saturated heterocycles. The zero-order chi connectivity index (χ0) is 19.5. The van der Waals surface area contributed by atoms with Crippen LogP contribution < -0.4 is 20.1 Å². The van der Waals surface area contributed by atoms with Crippen LogP contribution in [0.4, 0.5) is 0 Å². The van der Waals surface area contributed by atoms with Crippen molar-refractivity contribution in [2.24, 2.45) is 4.99 Å². The van der Waals surface area contributed by atoms with Crippen LogP contribution in [0.2, 0.25) is 0 Å². The van der Waals surface area contributed by atoms with E-state index in [1.807, 2.05) is 12.1 Å². The van der Waals surface area contributed by atoms with Crippen LogP contribution in [0.5, 0.6) is 11.5 Å². The summed E-state index contributed by atoms with van der Waals surface area (Å²) in [6, 6.07) is 6.04. The molecule has 0 amide bonds. The molecule has 1 aliphatic carbocycles. The third-order valence-electron chi connectivity index (χ3n) is 4.94. The van der Waals surface area contributed by atoms with Crippen LogP contribution in [-0.4, -0.2) is 57.3 Å². The maximum atomic E-state index is 6.31. The van der Waals surface area contributed by atoms with E-state index in [1.54, 1.807) is 7.11 Å². The number of aliphatic imine (C=N–C) groups is 1. The lowest BCUT2D eigenvalue weighted by Gasteiger charge is -2.19. The van der Waals surface area contributed by atoms with Gasteiger partial charge in [0, 0.05) is 25.2 Å². The number of rotatable bonds is 10. The van der Waals surface area contributed by atoms with Gasteiger partial charge in [-0.05, 0) is 52.3 Å². The van der Waals surface area contributed by atoms with Crippen molar-refractivity contribution in [1.82, 2.24) is 15.5 Å². The highest BCUT2D eigenvalue weighted by atomic mass is 16.5. The summed E-state index contributed by atoms with van der Waals surface area (Å²) >= 11 is 0. The standard InChI is InChI=1S/C21H36N4O2/c1-5-22-21(23-14-15-25(3)6-2)24-16-17-10-9-13-19(26-4)20(17)27-18-11-7-8-12-18/h9-10,13,18H,5-8,11-12,14-16H2,1-4H3,(H2,22,23,24). The predicted molar refractivity (Wildman–Crippen MR) is 112 cm³/mol. The second-order valence-corrected chi connectivity index (χ2v) is 6.99. The maximum Gasteiger partial charge on any atom is 0.191 e. The molecular weight excluding hydrogens is 340 g/mol. The van der Waals surface area contributed by atoms with Gasteiger partial charge in [-0.2, -0.15) is 0 Å². The molecule has 1 aromatic rings. The fraction of sp³-hybridized carbons (Fsp3) is 0.667. The van der Waals surface area contributed by atoms with Crippen molar-refractivity contribution < 1.29 is 9.47 Å². The van der Waals surface area contributed by atoms with E-state index in [9.17, 15) is 0 Å². The fourth-order valence-electron chi connectivity index (χ4n) is 3.18. The Balaban J connectivity index is 2.06. The van der Waals surface area contributed by atoms with Gasteiger partial charge in [-0.1, -0.05) is 19.1 Å². The second-order valence-electron chi connectivity index (χ2n) is 6.99. The SMILES string of the molecule is CCNC(=NCc1cccc(OC)c1OC1CCCC1)NCCN(C)CC. The number of nitrogens with zero attached hydrogens (tertiary/aromatic N) is 2. The van der Waals surface area contributed by atoms with Gasteiger partial charge in [0.2, 0.25) is 0 Å². The van der Waals surface area contributed by atoms with Crippen LogP contribution in [0.3, 0.4) is 0 Å². The monoisotopic (exact) mass is 376 g/mol. The van der Waals surface area contributed by atoms with Crippen LogP contribution in [0.25, 0.3) is 0 Å². The Kier molecular flexibility index (Phi) is 9.25. The topological polar surface area (TPSA) is 58.1 Å². The average Bonchev–Trinajstić information content (AvgIpc) is 3.19. The molecule has 2 N–H and O–H groups in total. The molecule has 6 nitrogen and oxygen atoms in total. The lowest BCUT2D eigenvalue weighted by atomic mass is 10.1. The third kappa shape index (κ3) is 6.94. The predicted octanol–water partition coefficient (Wildman–Crippen LogP) is 3.02. The first kappa shape index (κ1) is 21.4. The van der Waals surface area contributed by atoms with E-state index in [0.29, 0.717) is 12.6 Å². The van der Waals surface area contributed by atoms with Crippen molar-refractivity contribution in [3.05, 3.63) is 23.8 Å². The fourth-order valence-corrected chi connectivity index (χ4v) is 3.18. The van der Waals surface area contributed by atoms with E-state index in [0.717, 1.165) is 62.0 Å². The van der Waals surface area contributed by atoms with Gasteiger partial charge in [0.1, 0.15) is 0 Å². The average molecular weight is 377 g/mol. The Morgan fingerprint density at radius 2 is 2.00 bits per heavy atom. The first-order valence-electron chi connectivity index (χ1n) is 10.2. The zero-order valence-electron chi connectivity index (χ0n) is 17.4. The molecule has 0 spiro atoms. The summed E-state index contributed by atoms with van der Waals surface area (Å²) in [6.07, 6.45) is 5.02. The number of ether oxygens (including phenoxy) is 2. The Bertz CT molecular complexity index is 586. The highest BCUT2D eigenvalue weighted by Crippen LogP contribution is 2.35. The Hall–Kier alpha value is -1.95. The first-order valence-corrected chi connectivity index (χ1v) is 10.2. The molecule has 0 bridgehead atoms. The van der Waals surface area contributed by atoms with Crippen molar-refractivity contribution in [3.63, 3.8) is 0 Å². The molecule has 1 saturated carbocycles. The lowest BCUT2D eigenvalue weighted by molar-refractivity contribution is 0.198. The summed E-state index contributed by atoms with van der Waals surface area (Å²) in [7, 11) is 3.81. The van der Waals surface area contributed by atoms with Crippen LogP contribution in [-0.2, 0) is 6.54 Å². The van der Waals surface area contributed by atoms with E-state index in [-0.39, 0.29) is 0 Å². The second kappa shape index (κ2) is 11.7. The van der Waals surface area contributed by atoms with Gasteiger partial charge >= 0.3 is 0 Å². The first-order chi connectivity index (χ1) is 13.2. The van der Waals surface area contributed by atoms with E-state index in [2.05, 4.69) is 42.5 Å². The summed E-state index contributed by atoms with van der Waals surface area (Å²) in [5, 5.41) is 6.72. The molecule has 0 unspecified atom stereocenters. The molecule has 0 radical (unpaired) electrons. The summed E-state index contributed by atoms with van der Waals surface area (Å²) < 4.78 is 11.9. The molecule has 0 aromatic heterocycles. The van der Waals surface area contributed by atoms with Gasteiger partial charge in [-0.25, -0.2) is 4.99 Å². The Morgan fingerprint density at radius 3 is 2.67 bits per heavy atom. The molecule has 0 aliphatic heterocycles. The maximum absolute atomic E-state index is 6.31.